The highest BCUT2D eigenvalue weighted by molar-refractivity contribution is 5.05. The van der Waals surface area contributed by atoms with Gasteiger partial charge < -0.3 is 4.57 Å². The summed E-state index contributed by atoms with van der Waals surface area (Å²) in [4.78, 5) is 0. The molecule has 0 atom stereocenters. The Kier molecular flexibility index (Phi) is 3.66. The fourth-order valence-corrected chi connectivity index (χ4v) is 1.64. The second kappa shape index (κ2) is 4.60. The van der Waals surface area contributed by atoms with Crippen molar-refractivity contribution >= 4 is 0 Å². The zero-order valence-electron chi connectivity index (χ0n) is 10.2. The highest BCUT2D eigenvalue weighted by Gasteiger charge is 2.21. The largest absolute Gasteiger partial charge is 0.318 e. The summed E-state index contributed by atoms with van der Waals surface area (Å²) in [5.74, 6) is 2.12. The molecule has 0 saturated carbocycles. The monoisotopic (exact) mass is 207 g/mol. The second-order valence-corrected chi connectivity index (χ2v) is 4.93. The SMILES string of the molecule is C=CCCCc1nnc(C(C)(C)C)n1C. The third-order valence-electron chi connectivity index (χ3n) is 2.44. The average molecular weight is 207 g/mol. The van der Waals surface area contributed by atoms with E-state index < -0.39 is 0 Å². The lowest BCUT2D eigenvalue weighted by Gasteiger charge is -2.17. The zero-order chi connectivity index (χ0) is 11.5. The molecule has 0 amide bonds. The highest BCUT2D eigenvalue weighted by atomic mass is 15.3. The molecule has 0 N–H and O–H groups in total. The topological polar surface area (TPSA) is 30.7 Å². The van der Waals surface area contributed by atoms with Crippen LogP contribution in [-0.4, -0.2) is 14.8 Å². The van der Waals surface area contributed by atoms with Gasteiger partial charge in [0.1, 0.15) is 11.6 Å². The molecule has 0 unspecified atom stereocenters. The Labute approximate surface area is 92.2 Å². The molecule has 15 heavy (non-hydrogen) atoms. The molecule has 0 aliphatic carbocycles. The lowest BCUT2D eigenvalue weighted by molar-refractivity contribution is 0.516. The van der Waals surface area contributed by atoms with Crippen LogP contribution in [-0.2, 0) is 18.9 Å². The molecule has 84 valence electrons. The normalized spacial score (nSPS) is 11.7. The van der Waals surface area contributed by atoms with E-state index in [-0.39, 0.29) is 5.41 Å². The predicted octanol–water partition coefficient (Wildman–Crippen LogP) is 2.62. The van der Waals surface area contributed by atoms with E-state index in [2.05, 4.69) is 42.1 Å². The van der Waals surface area contributed by atoms with Crippen molar-refractivity contribution in [1.29, 1.82) is 0 Å². The van der Waals surface area contributed by atoms with Gasteiger partial charge in [-0.1, -0.05) is 26.8 Å². The molecule has 0 bridgehead atoms. The van der Waals surface area contributed by atoms with Gasteiger partial charge in [0.15, 0.2) is 0 Å². The second-order valence-electron chi connectivity index (χ2n) is 4.93. The fourth-order valence-electron chi connectivity index (χ4n) is 1.64. The standard InChI is InChI=1S/C12H21N3/c1-6-7-8-9-10-13-14-11(15(10)5)12(2,3)4/h6H,1,7-9H2,2-5H3. The summed E-state index contributed by atoms with van der Waals surface area (Å²) >= 11 is 0. The summed E-state index contributed by atoms with van der Waals surface area (Å²) in [6.07, 6.45) is 5.06. The number of allylic oxidation sites excluding steroid dienone is 1. The minimum Gasteiger partial charge on any atom is -0.318 e. The smallest absolute Gasteiger partial charge is 0.138 e. The van der Waals surface area contributed by atoms with Crippen molar-refractivity contribution in [2.45, 2.75) is 45.4 Å². The van der Waals surface area contributed by atoms with Crippen molar-refractivity contribution in [2.24, 2.45) is 7.05 Å². The first kappa shape index (κ1) is 12.0. The van der Waals surface area contributed by atoms with Crippen LogP contribution < -0.4 is 0 Å². The quantitative estimate of drug-likeness (QED) is 0.561. The molecular formula is C12H21N3. The molecule has 0 aromatic carbocycles. The molecule has 0 spiro atoms. The molecule has 0 aliphatic heterocycles. The third-order valence-corrected chi connectivity index (χ3v) is 2.44. The van der Waals surface area contributed by atoms with Gasteiger partial charge in [-0.15, -0.1) is 16.8 Å². The molecule has 3 heteroatoms. The molecular weight excluding hydrogens is 186 g/mol. The summed E-state index contributed by atoms with van der Waals surface area (Å²) in [5, 5.41) is 8.49. The summed E-state index contributed by atoms with van der Waals surface area (Å²) in [6.45, 7) is 10.2. The van der Waals surface area contributed by atoms with Crippen LogP contribution in [0.2, 0.25) is 0 Å². The molecule has 1 heterocycles. The molecule has 1 aromatic rings. The fraction of sp³-hybridized carbons (Fsp3) is 0.667. The van der Waals surface area contributed by atoms with E-state index in [9.17, 15) is 0 Å². The summed E-state index contributed by atoms with van der Waals surface area (Å²) in [7, 11) is 2.05. The lowest BCUT2D eigenvalue weighted by Crippen LogP contribution is -2.18. The zero-order valence-corrected chi connectivity index (χ0v) is 10.2. The molecule has 0 saturated heterocycles. The molecule has 1 rings (SSSR count). The van der Waals surface area contributed by atoms with Gasteiger partial charge in [0, 0.05) is 18.9 Å². The number of unbranched alkanes of at least 4 members (excludes halogenated alkanes) is 1. The number of rotatable bonds is 4. The Hall–Kier alpha value is -1.12. The van der Waals surface area contributed by atoms with Crippen LogP contribution in [0.25, 0.3) is 0 Å². The van der Waals surface area contributed by atoms with Gasteiger partial charge in [-0.05, 0) is 12.8 Å². The Balaban J connectivity index is 2.76. The highest BCUT2D eigenvalue weighted by Crippen LogP contribution is 2.20. The number of hydrogen-bond acceptors (Lipinski definition) is 2. The van der Waals surface area contributed by atoms with Crippen molar-refractivity contribution in [3.05, 3.63) is 24.3 Å². The van der Waals surface area contributed by atoms with Crippen molar-refractivity contribution in [1.82, 2.24) is 14.8 Å². The minimum absolute atomic E-state index is 0.0679. The number of hydrogen-bond donors (Lipinski definition) is 0. The van der Waals surface area contributed by atoms with Gasteiger partial charge >= 0.3 is 0 Å². The van der Waals surface area contributed by atoms with E-state index in [4.69, 9.17) is 0 Å². The summed E-state index contributed by atoms with van der Waals surface area (Å²) < 4.78 is 2.11. The van der Waals surface area contributed by atoms with E-state index in [0.29, 0.717) is 0 Å². The predicted molar refractivity (Wildman–Crippen MR) is 62.8 cm³/mol. The van der Waals surface area contributed by atoms with E-state index in [1.54, 1.807) is 0 Å². The van der Waals surface area contributed by atoms with Gasteiger partial charge in [0.25, 0.3) is 0 Å². The van der Waals surface area contributed by atoms with Crippen LogP contribution in [0.4, 0.5) is 0 Å². The first-order chi connectivity index (χ1) is 6.96. The maximum atomic E-state index is 4.25. The van der Waals surface area contributed by atoms with Crippen molar-refractivity contribution in [3.63, 3.8) is 0 Å². The van der Waals surface area contributed by atoms with Crippen LogP contribution in [0.3, 0.4) is 0 Å². The Morgan fingerprint density at radius 2 is 2.00 bits per heavy atom. The van der Waals surface area contributed by atoms with Gasteiger partial charge in [-0.25, -0.2) is 0 Å². The maximum absolute atomic E-state index is 4.25. The Bertz CT molecular complexity index is 331. The van der Waals surface area contributed by atoms with E-state index in [1.807, 2.05) is 13.1 Å². The van der Waals surface area contributed by atoms with E-state index in [1.165, 1.54) is 0 Å². The molecule has 0 aliphatic rings. The number of aromatic nitrogens is 3. The Morgan fingerprint density at radius 3 is 2.47 bits per heavy atom. The van der Waals surface area contributed by atoms with Crippen molar-refractivity contribution < 1.29 is 0 Å². The molecule has 1 aromatic heterocycles. The third kappa shape index (κ3) is 2.91. The van der Waals surface area contributed by atoms with E-state index in [0.717, 1.165) is 30.9 Å². The van der Waals surface area contributed by atoms with Crippen LogP contribution in [0.1, 0.15) is 45.3 Å². The van der Waals surface area contributed by atoms with Crippen LogP contribution in [0.15, 0.2) is 12.7 Å². The van der Waals surface area contributed by atoms with Gasteiger partial charge in [0.05, 0.1) is 0 Å². The first-order valence-corrected chi connectivity index (χ1v) is 5.46. The Morgan fingerprint density at radius 1 is 1.33 bits per heavy atom. The van der Waals surface area contributed by atoms with Crippen molar-refractivity contribution in [3.8, 4) is 0 Å². The first-order valence-electron chi connectivity index (χ1n) is 5.46. The lowest BCUT2D eigenvalue weighted by atomic mass is 9.96. The van der Waals surface area contributed by atoms with E-state index >= 15 is 0 Å². The van der Waals surface area contributed by atoms with Gasteiger partial charge in [-0.2, -0.15) is 0 Å². The summed E-state index contributed by atoms with van der Waals surface area (Å²) in [5.41, 5.74) is 0.0679. The van der Waals surface area contributed by atoms with Crippen LogP contribution in [0, 0.1) is 0 Å². The molecule has 3 nitrogen and oxygen atoms in total. The maximum Gasteiger partial charge on any atom is 0.138 e. The number of aryl methyl sites for hydroxylation is 1. The number of nitrogens with zero attached hydrogens (tertiary/aromatic N) is 3. The van der Waals surface area contributed by atoms with Crippen LogP contribution in [0.5, 0.6) is 0 Å². The average Bonchev–Trinajstić information content (AvgIpc) is 2.47. The van der Waals surface area contributed by atoms with Crippen molar-refractivity contribution in [2.75, 3.05) is 0 Å². The minimum atomic E-state index is 0.0679. The van der Waals surface area contributed by atoms with Gasteiger partial charge in [-0.3, -0.25) is 0 Å². The van der Waals surface area contributed by atoms with Gasteiger partial charge in [0.2, 0.25) is 0 Å². The van der Waals surface area contributed by atoms with Crippen LogP contribution >= 0.6 is 0 Å². The summed E-state index contributed by atoms with van der Waals surface area (Å²) in [6, 6.07) is 0. The molecule has 0 fully saturated rings. The molecule has 0 radical (unpaired) electrons.